The summed E-state index contributed by atoms with van der Waals surface area (Å²) in [6, 6.07) is 18.8. The standard InChI is InChI=1S/C23H24N4O/c28-13-3-12-26(16-19-8-10-24-11-9-19)17-20-15-25-27(18-20)23-7-6-21-4-1-2-5-22(21)14-23/h1-2,4-11,14-15,18,28H,3,12-13,16-17H2. The van der Waals surface area contributed by atoms with Gasteiger partial charge in [0.2, 0.25) is 0 Å². The van der Waals surface area contributed by atoms with Crippen molar-refractivity contribution in [2.45, 2.75) is 19.5 Å². The summed E-state index contributed by atoms with van der Waals surface area (Å²) in [5.41, 5.74) is 3.43. The number of benzene rings is 2. The third kappa shape index (κ3) is 4.44. The second kappa shape index (κ2) is 8.78. The molecule has 0 saturated heterocycles. The highest BCUT2D eigenvalue weighted by atomic mass is 16.3. The molecule has 2 aromatic heterocycles. The van der Waals surface area contributed by atoms with E-state index < -0.39 is 0 Å². The number of aliphatic hydroxyl groups is 1. The molecule has 0 aliphatic carbocycles. The van der Waals surface area contributed by atoms with E-state index in [9.17, 15) is 5.11 Å². The molecule has 0 unspecified atom stereocenters. The predicted molar refractivity (Wildman–Crippen MR) is 111 cm³/mol. The van der Waals surface area contributed by atoms with Gasteiger partial charge in [0.1, 0.15) is 0 Å². The monoisotopic (exact) mass is 372 g/mol. The van der Waals surface area contributed by atoms with Gasteiger partial charge in [0.05, 0.1) is 11.9 Å². The Bertz CT molecular complexity index is 1030. The summed E-state index contributed by atoms with van der Waals surface area (Å²) in [6.45, 7) is 2.64. The third-order valence-corrected chi connectivity index (χ3v) is 4.83. The van der Waals surface area contributed by atoms with Crippen molar-refractivity contribution < 1.29 is 5.11 Å². The average molecular weight is 372 g/mol. The summed E-state index contributed by atoms with van der Waals surface area (Å²) in [6.07, 6.45) is 8.40. The van der Waals surface area contributed by atoms with Crippen molar-refractivity contribution in [3.8, 4) is 5.69 Å². The SMILES string of the molecule is OCCCN(Cc1ccncc1)Cc1cnn(-c2ccc3ccccc3c2)c1. The zero-order valence-corrected chi connectivity index (χ0v) is 15.8. The number of fused-ring (bicyclic) bond motifs is 1. The third-order valence-electron chi connectivity index (χ3n) is 4.83. The average Bonchev–Trinajstić information content (AvgIpc) is 3.21. The van der Waals surface area contributed by atoms with E-state index in [0.29, 0.717) is 0 Å². The molecule has 0 spiro atoms. The van der Waals surface area contributed by atoms with Gasteiger partial charge < -0.3 is 5.11 Å². The fraction of sp³-hybridized carbons (Fsp3) is 0.217. The van der Waals surface area contributed by atoms with Crippen LogP contribution in [0.4, 0.5) is 0 Å². The first-order valence-electron chi connectivity index (χ1n) is 9.57. The molecule has 5 heteroatoms. The highest BCUT2D eigenvalue weighted by molar-refractivity contribution is 5.84. The van der Waals surface area contributed by atoms with Crippen LogP contribution < -0.4 is 0 Å². The van der Waals surface area contributed by atoms with Gasteiger partial charge in [-0.1, -0.05) is 30.3 Å². The van der Waals surface area contributed by atoms with Crippen LogP contribution >= 0.6 is 0 Å². The van der Waals surface area contributed by atoms with Crippen molar-refractivity contribution in [2.75, 3.05) is 13.2 Å². The maximum atomic E-state index is 9.23. The Kier molecular flexibility index (Phi) is 5.75. The second-order valence-electron chi connectivity index (χ2n) is 6.97. The van der Waals surface area contributed by atoms with Gasteiger partial charge in [-0.3, -0.25) is 9.88 Å². The van der Waals surface area contributed by atoms with Gasteiger partial charge >= 0.3 is 0 Å². The smallest absolute Gasteiger partial charge is 0.0652 e. The van der Waals surface area contributed by atoms with Crippen molar-refractivity contribution in [3.63, 3.8) is 0 Å². The Morgan fingerprint density at radius 2 is 1.68 bits per heavy atom. The Morgan fingerprint density at radius 1 is 0.893 bits per heavy atom. The summed E-state index contributed by atoms with van der Waals surface area (Å²) < 4.78 is 1.93. The van der Waals surface area contributed by atoms with Gasteiger partial charge in [0.15, 0.2) is 0 Å². The van der Waals surface area contributed by atoms with Crippen LogP contribution in [0, 0.1) is 0 Å². The first-order valence-corrected chi connectivity index (χ1v) is 9.57. The van der Waals surface area contributed by atoms with E-state index in [1.807, 2.05) is 35.4 Å². The first-order chi connectivity index (χ1) is 13.8. The minimum Gasteiger partial charge on any atom is -0.396 e. The van der Waals surface area contributed by atoms with Gasteiger partial charge in [-0.05, 0) is 47.0 Å². The van der Waals surface area contributed by atoms with Crippen LogP contribution in [0.5, 0.6) is 0 Å². The lowest BCUT2D eigenvalue weighted by Gasteiger charge is -2.21. The predicted octanol–water partition coefficient (Wildman–Crippen LogP) is 3.81. The Hall–Kier alpha value is -3.02. The number of aliphatic hydroxyl groups excluding tert-OH is 1. The molecule has 0 saturated carbocycles. The summed E-state index contributed by atoms with van der Waals surface area (Å²) in [4.78, 5) is 6.41. The molecule has 2 heterocycles. The molecule has 0 atom stereocenters. The van der Waals surface area contributed by atoms with E-state index in [1.54, 1.807) is 0 Å². The van der Waals surface area contributed by atoms with E-state index in [-0.39, 0.29) is 6.61 Å². The first kappa shape index (κ1) is 18.3. The van der Waals surface area contributed by atoms with Gasteiger partial charge in [-0.25, -0.2) is 4.68 Å². The summed E-state index contributed by atoms with van der Waals surface area (Å²) in [5.74, 6) is 0. The lowest BCUT2D eigenvalue weighted by Crippen LogP contribution is -2.24. The van der Waals surface area contributed by atoms with Crippen LogP contribution in [-0.4, -0.2) is 37.9 Å². The molecule has 0 radical (unpaired) electrons. The molecule has 0 aliphatic heterocycles. The molecule has 28 heavy (non-hydrogen) atoms. The quantitative estimate of drug-likeness (QED) is 0.511. The minimum atomic E-state index is 0.198. The Balaban J connectivity index is 1.51. The zero-order valence-electron chi connectivity index (χ0n) is 15.8. The summed E-state index contributed by atoms with van der Waals surface area (Å²) in [5, 5.41) is 16.2. The molecule has 142 valence electrons. The number of nitrogens with zero attached hydrogens (tertiary/aromatic N) is 4. The van der Waals surface area contributed by atoms with Crippen molar-refractivity contribution in [1.82, 2.24) is 19.7 Å². The fourth-order valence-electron chi connectivity index (χ4n) is 3.42. The molecular weight excluding hydrogens is 348 g/mol. The van der Waals surface area contributed by atoms with E-state index >= 15 is 0 Å². The second-order valence-corrected chi connectivity index (χ2v) is 6.97. The number of pyridine rings is 1. The molecule has 0 fully saturated rings. The molecule has 0 aliphatic rings. The molecule has 5 nitrogen and oxygen atoms in total. The molecule has 0 amide bonds. The van der Waals surface area contributed by atoms with Crippen LogP contribution in [0.2, 0.25) is 0 Å². The fourth-order valence-corrected chi connectivity index (χ4v) is 3.42. The van der Waals surface area contributed by atoms with Crippen LogP contribution in [0.1, 0.15) is 17.5 Å². The van der Waals surface area contributed by atoms with E-state index in [2.05, 4.69) is 63.6 Å². The van der Waals surface area contributed by atoms with E-state index in [0.717, 1.165) is 37.3 Å². The van der Waals surface area contributed by atoms with Crippen LogP contribution in [0.15, 0.2) is 79.4 Å². The Labute approximate surface area is 164 Å². The zero-order chi connectivity index (χ0) is 19.2. The number of hydrogen-bond acceptors (Lipinski definition) is 4. The van der Waals surface area contributed by atoms with E-state index in [1.165, 1.54) is 16.3 Å². The largest absolute Gasteiger partial charge is 0.396 e. The van der Waals surface area contributed by atoms with Crippen molar-refractivity contribution >= 4 is 10.8 Å². The van der Waals surface area contributed by atoms with Crippen molar-refractivity contribution in [1.29, 1.82) is 0 Å². The van der Waals surface area contributed by atoms with Gasteiger partial charge in [0, 0.05) is 50.4 Å². The minimum absolute atomic E-state index is 0.198. The molecule has 4 aromatic rings. The maximum Gasteiger partial charge on any atom is 0.0652 e. The lowest BCUT2D eigenvalue weighted by molar-refractivity contribution is 0.212. The highest BCUT2D eigenvalue weighted by Crippen LogP contribution is 2.19. The van der Waals surface area contributed by atoms with Crippen LogP contribution in [0.3, 0.4) is 0 Å². The molecular formula is C23H24N4O. The summed E-state index contributed by atoms with van der Waals surface area (Å²) >= 11 is 0. The number of rotatable bonds is 8. The highest BCUT2D eigenvalue weighted by Gasteiger charge is 2.10. The van der Waals surface area contributed by atoms with Crippen molar-refractivity contribution in [2.24, 2.45) is 0 Å². The van der Waals surface area contributed by atoms with Gasteiger partial charge in [0.25, 0.3) is 0 Å². The molecule has 2 aromatic carbocycles. The number of aromatic nitrogens is 3. The van der Waals surface area contributed by atoms with E-state index in [4.69, 9.17) is 0 Å². The summed E-state index contributed by atoms with van der Waals surface area (Å²) in [7, 11) is 0. The lowest BCUT2D eigenvalue weighted by atomic mass is 10.1. The van der Waals surface area contributed by atoms with Crippen LogP contribution in [0.25, 0.3) is 16.5 Å². The number of hydrogen-bond donors (Lipinski definition) is 1. The van der Waals surface area contributed by atoms with Gasteiger partial charge in [-0.15, -0.1) is 0 Å². The normalized spacial score (nSPS) is 11.4. The molecule has 4 rings (SSSR count). The maximum absolute atomic E-state index is 9.23. The molecule has 0 bridgehead atoms. The molecule has 1 N–H and O–H groups in total. The van der Waals surface area contributed by atoms with Crippen LogP contribution in [-0.2, 0) is 13.1 Å². The Morgan fingerprint density at radius 3 is 2.50 bits per heavy atom. The topological polar surface area (TPSA) is 54.2 Å². The van der Waals surface area contributed by atoms with Gasteiger partial charge in [-0.2, -0.15) is 5.10 Å². The van der Waals surface area contributed by atoms with Crippen molar-refractivity contribution in [3.05, 3.63) is 90.5 Å².